The molecular weight excluding hydrogens is 296 g/mol. The summed E-state index contributed by atoms with van der Waals surface area (Å²) in [5.74, 6) is 0. The van der Waals surface area contributed by atoms with Crippen molar-refractivity contribution in [2.75, 3.05) is 26.2 Å². The minimum Gasteiger partial charge on any atom is -0.373 e. The number of hydrogen-bond acceptors (Lipinski definition) is 5. The first-order valence-corrected chi connectivity index (χ1v) is 9.09. The molecule has 7 heteroatoms. The number of morpholine rings is 1. The number of sulfonamides is 1. The predicted molar refractivity (Wildman–Crippen MR) is 80.5 cm³/mol. The van der Waals surface area contributed by atoms with Gasteiger partial charge in [0.05, 0.1) is 17.1 Å². The van der Waals surface area contributed by atoms with E-state index in [1.165, 1.54) is 15.6 Å². The Morgan fingerprint density at radius 1 is 1.50 bits per heavy atom. The summed E-state index contributed by atoms with van der Waals surface area (Å²) in [5.41, 5.74) is -0.423. The molecule has 0 atom stereocenters. The van der Waals surface area contributed by atoms with Crippen LogP contribution in [0.25, 0.3) is 0 Å². The number of ether oxygens (including phenoxy) is 1. The van der Waals surface area contributed by atoms with E-state index in [0.717, 1.165) is 11.4 Å². The minimum atomic E-state index is -3.40. The SMILES string of the molecule is CCNCc1cc(S(=O)(=O)N2CCOC(C)(C)C2)cs1. The molecule has 0 unspecified atom stereocenters. The minimum absolute atomic E-state index is 0.396. The van der Waals surface area contributed by atoms with Crippen molar-refractivity contribution in [3.05, 3.63) is 16.3 Å². The normalized spacial score (nSPS) is 20.1. The van der Waals surface area contributed by atoms with E-state index in [1.807, 2.05) is 20.8 Å². The molecule has 0 aromatic carbocycles. The van der Waals surface area contributed by atoms with Crippen molar-refractivity contribution in [3.63, 3.8) is 0 Å². The van der Waals surface area contributed by atoms with Crippen LogP contribution in [0.1, 0.15) is 25.6 Å². The molecule has 1 saturated heterocycles. The number of rotatable bonds is 5. The van der Waals surface area contributed by atoms with E-state index in [4.69, 9.17) is 4.74 Å². The van der Waals surface area contributed by atoms with Gasteiger partial charge in [-0.05, 0) is 26.5 Å². The van der Waals surface area contributed by atoms with Crippen molar-refractivity contribution in [1.82, 2.24) is 9.62 Å². The molecule has 5 nitrogen and oxygen atoms in total. The van der Waals surface area contributed by atoms with Crippen molar-refractivity contribution in [2.24, 2.45) is 0 Å². The Morgan fingerprint density at radius 3 is 2.90 bits per heavy atom. The lowest BCUT2D eigenvalue weighted by molar-refractivity contribution is -0.0640. The van der Waals surface area contributed by atoms with Crippen LogP contribution in [0.4, 0.5) is 0 Å². The van der Waals surface area contributed by atoms with Gasteiger partial charge < -0.3 is 10.1 Å². The molecule has 1 aromatic heterocycles. The number of thiophene rings is 1. The van der Waals surface area contributed by atoms with Gasteiger partial charge in [0.1, 0.15) is 0 Å². The zero-order chi connectivity index (χ0) is 14.8. The molecule has 0 aliphatic carbocycles. The van der Waals surface area contributed by atoms with Crippen LogP contribution in [0.2, 0.25) is 0 Å². The van der Waals surface area contributed by atoms with E-state index < -0.39 is 15.6 Å². The second-order valence-electron chi connectivity index (χ2n) is 5.48. The molecule has 1 aromatic rings. The molecular formula is C13H22N2O3S2. The fraction of sp³-hybridized carbons (Fsp3) is 0.692. The quantitative estimate of drug-likeness (QED) is 0.897. The van der Waals surface area contributed by atoms with E-state index in [0.29, 0.717) is 31.1 Å². The molecule has 1 N–H and O–H groups in total. The van der Waals surface area contributed by atoms with Crippen LogP contribution in [-0.4, -0.2) is 44.6 Å². The Bertz CT molecular complexity index is 552. The number of nitrogens with one attached hydrogen (secondary N) is 1. The monoisotopic (exact) mass is 318 g/mol. The molecule has 114 valence electrons. The Labute approximate surface area is 125 Å². The highest BCUT2D eigenvalue weighted by Crippen LogP contribution is 2.26. The van der Waals surface area contributed by atoms with Crippen molar-refractivity contribution >= 4 is 21.4 Å². The second kappa shape index (κ2) is 6.11. The van der Waals surface area contributed by atoms with Crippen LogP contribution in [-0.2, 0) is 21.3 Å². The van der Waals surface area contributed by atoms with Gasteiger partial charge in [0.25, 0.3) is 0 Å². The van der Waals surface area contributed by atoms with Crippen LogP contribution < -0.4 is 5.32 Å². The highest BCUT2D eigenvalue weighted by molar-refractivity contribution is 7.89. The first-order valence-electron chi connectivity index (χ1n) is 6.77. The molecule has 1 fully saturated rings. The second-order valence-corrected chi connectivity index (χ2v) is 8.41. The third-order valence-electron chi connectivity index (χ3n) is 3.21. The van der Waals surface area contributed by atoms with E-state index in [9.17, 15) is 8.42 Å². The van der Waals surface area contributed by atoms with Gasteiger partial charge >= 0.3 is 0 Å². The topological polar surface area (TPSA) is 58.6 Å². The highest BCUT2D eigenvalue weighted by atomic mass is 32.2. The maximum atomic E-state index is 12.6. The molecule has 0 spiro atoms. The lowest BCUT2D eigenvalue weighted by atomic mass is 10.1. The van der Waals surface area contributed by atoms with Crippen molar-refractivity contribution in [3.8, 4) is 0 Å². The third kappa shape index (κ3) is 3.59. The van der Waals surface area contributed by atoms with Gasteiger partial charge in [0.2, 0.25) is 10.0 Å². The predicted octanol–water partition coefficient (Wildman–Crippen LogP) is 1.66. The molecule has 1 aliphatic heterocycles. The van der Waals surface area contributed by atoms with E-state index in [-0.39, 0.29) is 0 Å². The lowest BCUT2D eigenvalue weighted by Gasteiger charge is -2.37. The average molecular weight is 318 g/mol. The summed E-state index contributed by atoms with van der Waals surface area (Å²) >= 11 is 1.48. The Balaban J connectivity index is 2.15. The molecule has 20 heavy (non-hydrogen) atoms. The maximum absolute atomic E-state index is 12.6. The molecule has 0 amide bonds. The number of hydrogen-bond donors (Lipinski definition) is 1. The van der Waals surface area contributed by atoms with Crippen LogP contribution in [0, 0.1) is 0 Å². The van der Waals surface area contributed by atoms with Gasteiger partial charge in [-0.2, -0.15) is 4.31 Å². The Hall–Kier alpha value is -0.470. The van der Waals surface area contributed by atoms with Crippen LogP contribution >= 0.6 is 11.3 Å². The zero-order valence-corrected chi connectivity index (χ0v) is 13.8. The zero-order valence-electron chi connectivity index (χ0n) is 12.2. The van der Waals surface area contributed by atoms with Gasteiger partial charge in [0.15, 0.2) is 0 Å². The van der Waals surface area contributed by atoms with Gasteiger partial charge in [-0.15, -0.1) is 11.3 Å². The van der Waals surface area contributed by atoms with Crippen LogP contribution in [0.5, 0.6) is 0 Å². The summed E-state index contributed by atoms with van der Waals surface area (Å²) in [6.45, 7) is 8.71. The first kappa shape index (κ1) is 15.9. The highest BCUT2D eigenvalue weighted by Gasteiger charge is 2.35. The number of nitrogens with zero attached hydrogens (tertiary/aromatic N) is 1. The summed E-state index contributed by atoms with van der Waals surface area (Å²) in [5, 5.41) is 4.93. The molecule has 1 aliphatic rings. The Kier molecular flexibility index (Phi) is 4.86. The van der Waals surface area contributed by atoms with Crippen molar-refractivity contribution in [2.45, 2.75) is 37.8 Å². The fourth-order valence-corrected chi connectivity index (χ4v) is 4.97. The lowest BCUT2D eigenvalue weighted by Crippen LogP contribution is -2.50. The summed E-state index contributed by atoms with van der Waals surface area (Å²) < 4.78 is 32.3. The molecule has 0 saturated carbocycles. The van der Waals surface area contributed by atoms with E-state index >= 15 is 0 Å². The summed E-state index contributed by atoms with van der Waals surface area (Å²) in [6, 6.07) is 1.77. The fourth-order valence-electron chi connectivity index (χ4n) is 2.16. The van der Waals surface area contributed by atoms with Gasteiger partial charge in [-0.1, -0.05) is 6.92 Å². The van der Waals surface area contributed by atoms with E-state index in [2.05, 4.69) is 5.32 Å². The van der Waals surface area contributed by atoms with Crippen molar-refractivity contribution < 1.29 is 13.2 Å². The largest absolute Gasteiger partial charge is 0.373 e. The molecule has 2 rings (SSSR count). The summed E-state index contributed by atoms with van der Waals surface area (Å²) in [7, 11) is -3.40. The molecule has 0 radical (unpaired) electrons. The van der Waals surface area contributed by atoms with Crippen molar-refractivity contribution in [1.29, 1.82) is 0 Å². The first-order chi connectivity index (χ1) is 9.35. The average Bonchev–Trinajstić information content (AvgIpc) is 2.84. The molecule has 0 bridgehead atoms. The smallest absolute Gasteiger partial charge is 0.244 e. The standard InChI is InChI=1S/C13H22N2O3S2/c1-4-14-8-11-7-12(9-19-11)20(16,17)15-5-6-18-13(2,3)10-15/h7,9,14H,4-6,8,10H2,1-3H3. The van der Waals surface area contributed by atoms with Crippen LogP contribution in [0.3, 0.4) is 0 Å². The van der Waals surface area contributed by atoms with Gasteiger partial charge in [0, 0.05) is 29.9 Å². The summed E-state index contributed by atoms with van der Waals surface area (Å²) in [4.78, 5) is 1.44. The summed E-state index contributed by atoms with van der Waals surface area (Å²) in [6.07, 6.45) is 0. The van der Waals surface area contributed by atoms with E-state index in [1.54, 1.807) is 11.4 Å². The maximum Gasteiger partial charge on any atom is 0.244 e. The van der Waals surface area contributed by atoms with Gasteiger partial charge in [-0.25, -0.2) is 8.42 Å². The van der Waals surface area contributed by atoms with Crippen LogP contribution in [0.15, 0.2) is 16.3 Å². The Morgan fingerprint density at radius 2 is 2.25 bits per heavy atom. The van der Waals surface area contributed by atoms with Gasteiger partial charge in [-0.3, -0.25) is 0 Å². The third-order valence-corrected chi connectivity index (χ3v) is 6.12. The molecule has 2 heterocycles.